The molecule has 0 bridgehead atoms. The monoisotopic (exact) mass is 576 g/mol. The SMILES string of the molecule is O=C(O)c1cc(C2CCN([C@@H]3CC[C@@](C(=O)N4COc5ccc(C(F)(F)F)cc5C4)(C4CC4)OC3)CC2)ccc1F. The van der Waals surface area contributed by atoms with Gasteiger partial charge in [0.15, 0.2) is 6.73 Å². The molecule has 3 aliphatic heterocycles. The summed E-state index contributed by atoms with van der Waals surface area (Å²) in [7, 11) is 0. The first-order valence-electron chi connectivity index (χ1n) is 14.1. The van der Waals surface area contributed by atoms with Crippen molar-refractivity contribution in [3.05, 3.63) is 64.5 Å². The first-order valence-corrected chi connectivity index (χ1v) is 14.1. The van der Waals surface area contributed by atoms with Crippen LogP contribution >= 0.6 is 0 Å². The van der Waals surface area contributed by atoms with Gasteiger partial charge in [0.1, 0.15) is 17.2 Å². The first kappa shape index (κ1) is 28.0. The van der Waals surface area contributed by atoms with Gasteiger partial charge >= 0.3 is 12.1 Å². The van der Waals surface area contributed by atoms with Crippen LogP contribution in [0.3, 0.4) is 0 Å². The molecule has 2 atom stereocenters. The van der Waals surface area contributed by atoms with E-state index in [0.717, 1.165) is 62.9 Å². The normalized spacial score (nSPS) is 25.9. The van der Waals surface area contributed by atoms with Crippen LogP contribution in [0.5, 0.6) is 5.75 Å². The van der Waals surface area contributed by atoms with Gasteiger partial charge in [0.25, 0.3) is 5.91 Å². The molecule has 3 fully saturated rings. The van der Waals surface area contributed by atoms with Crippen LogP contribution in [0, 0.1) is 11.7 Å². The quantitative estimate of drug-likeness (QED) is 0.479. The maximum absolute atomic E-state index is 13.8. The van der Waals surface area contributed by atoms with E-state index in [1.54, 1.807) is 6.07 Å². The predicted octanol–water partition coefficient (Wildman–Crippen LogP) is 5.43. The van der Waals surface area contributed by atoms with Crippen molar-refractivity contribution < 1.29 is 41.7 Å². The number of carbonyl (C=O) groups excluding carboxylic acids is 1. The largest absolute Gasteiger partial charge is 0.478 e. The molecule has 6 rings (SSSR count). The molecule has 3 heterocycles. The van der Waals surface area contributed by atoms with Crippen molar-refractivity contribution in [2.45, 2.75) is 68.8 Å². The van der Waals surface area contributed by atoms with Gasteiger partial charge in [-0.15, -0.1) is 0 Å². The van der Waals surface area contributed by atoms with Crippen molar-refractivity contribution >= 4 is 11.9 Å². The fraction of sp³-hybridized carbons (Fsp3) is 0.533. The van der Waals surface area contributed by atoms with Gasteiger partial charge in [0.05, 0.1) is 24.3 Å². The molecule has 0 radical (unpaired) electrons. The summed E-state index contributed by atoms with van der Waals surface area (Å²) in [6.45, 7) is 1.96. The van der Waals surface area contributed by atoms with Crippen LogP contribution in [-0.2, 0) is 22.3 Å². The molecule has 1 aliphatic carbocycles. The fourth-order valence-corrected chi connectivity index (χ4v) is 6.66. The highest BCUT2D eigenvalue weighted by Crippen LogP contribution is 2.49. The summed E-state index contributed by atoms with van der Waals surface area (Å²) in [5.41, 5.74) is -0.907. The highest BCUT2D eigenvalue weighted by atomic mass is 19.4. The van der Waals surface area contributed by atoms with Crippen molar-refractivity contribution in [3.8, 4) is 5.75 Å². The molecule has 1 saturated carbocycles. The van der Waals surface area contributed by atoms with Gasteiger partial charge in [-0.3, -0.25) is 9.69 Å². The number of carboxylic acids is 1. The Kier molecular flexibility index (Phi) is 7.22. The Morgan fingerprint density at radius 3 is 2.39 bits per heavy atom. The second kappa shape index (κ2) is 10.6. The Hall–Kier alpha value is -3.18. The third-order valence-electron chi connectivity index (χ3n) is 9.13. The van der Waals surface area contributed by atoms with E-state index in [1.807, 2.05) is 0 Å². The number of aromatic carboxylic acids is 1. The van der Waals surface area contributed by atoms with Crippen LogP contribution in [0.4, 0.5) is 17.6 Å². The maximum atomic E-state index is 13.8. The standard InChI is InChI=1S/C30H32F4N2O5/c31-25-5-1-19(14-24(25)27(37)38)18-8-11-35(12-9-18)23-7-10-29(41-16-23,21-2-3-21)28(39)36-15-20-13-22(30(32,33)34)4-6-26(20)40-17-36/h1,4-6,13-14,18,21,23H,2-3,7-12,15-17H2,(H,37,38)/t23-,29+/m1/s1. The minimum atomic E-state index is -4.48. The fourth-order valence-electron chi connectivity index (χ4n) is 6.66. The van der Waals surface area contributed by atoms with Crippen molar-refractivity contribution in [2.24, 2.45) is 5.92 Å². The molecule has 11 heteroatoms. The zero-order valence-corrected chi connectivity index (χ0v) is 22.5. The lowest BCUT2D eigenvalue weighted by molar-refractivity contribution is -0.180. The molecule has 2 aromatic carbocycles. The average Bonchev–Trinajstić information content (AvgIpc) is 3.82. The zero-order valence-electron chi connectivity index (χ0n) is 22.5. The number of carbonyl (C=O) groups is 2. The molecule has 0 spiro atoms. The predicted molar refractivity (Wildman–Crippen MR) is 139 cm³/mol. The van der Waals surface area contributed by atoms with E-state index in [2.05, 4.69) is 4.90 Å². The van der Waals surface area contributed by atoms with Crippen molar-refractivity contribution in [1.29, 1.82) is 0 Å². The maximum Gasteiger partial charge on any atom is 0.416 e. The zero-order chi connectivity index (χ0) is 28.9. The number of hydrogen-bond donors (Lipinski definition) is 1. The molecule has 220 valence electrons. The Bertz CT molecular complexity index is 1330. The van der Waals surface area contributed by atoms with Gasteiger partial charge in [-0.05, 0) is 99.3 Å². The van der Waals surface area contributed by atoms with Crippen LogP contribution in [0.25, 0.3) is 0 Å². The molecule has 7 nitrogen and oxygen atoms in total. The van der Waals surface area contributed by atoms with Crippen molar-refractivity contribution in [3.63, 3.8) is 0 Å². The molecule has 4 aliphatic rings. The van der Waals surface area contributed by atoms with Crippen molar-refractivity contribution in [2.75, 3.05) is 26.4 Å². The Morgan fingerprint density at radius 1 is 1.00 bits per heavy atom. The summed E-state index contributed by atoms with van der Waals surface area (Å²) in [6, 6.07) is 7.79. The van der Waals surface area contributed by atoms with Crippen LogP contribution in [0.1, 0.15) is 71.5 Å². The summed E-state index contributed by atoms with van der Waals surface area (Å²) in [5, 5.41) is 9.26. The van der Waals surface area contributed by atoms with Gasteiger partial charge < -0.3 is 19.5 Å². The van der Waals surface area contributed by atoms with Gasteiger partial charge in [-0.2, -0.15) is 13.2 Å². The minimum Gasteiger partial charge on any atom is -0.478 e. The molecule has 1 N–H and O–H groups in total. The van der Waals surface area contributed by atoms with E-state index in [4.69, 9.17) is 9.47 Å². The Labute approximate surface area is 235 Å². The summed E-state index contributed by atoms with van der Waals surface area (Å²) in [4.78, 5) is 29.0. The summed E-state index contributed by atoms with van der Waals surface area (Å²) < 4.78 is 65.7. The number of halogens is 4. The second-order valence-electron chi connectivity index (χ2n) is 11.6. The number of carboxylic acid groups (broad SMARTS) is 1. The average molecular weight is 577 g/mol. The summed E-state index contributed by atoms with van der Waals surface area (Å²) >= 11 is 0. The van der Waals surface area contributed by atoms with Crippen LogP contribution in [0.2, 0.25) is 0 Å². The van der Waals surface area contributed by atoms with E-state index in [-0.39, 0.29) is 42.6 Å². The number of likely N-dealkylation sites (tertiary alicyclic amines) is 1. The molecule has 0 aromatic heterocycles. The second-order valence-corrected chi connectivity index (χ2v) is 11.6. The number of nitrogens with zero attached hydrogens (tertiary/aromatic N) is 2. The molecular weight excluding hydrogens is 544 g/mol. The molecule has 0 unspecified atom stereocenters. The van der Waals surface area contributed by atoms with Crippen LogP contribution in [0.15, 0.2) is 36.4 Å². The third kappa shape index (κ3) is 5.41. The highest BCUT2D eigenvalue weighted by molar-refractivity contribution is 5.88. The number of ether oxygens (including phenoxy) is 2. The lowest BCUT2D eigenvalue weighted by Crippen LogP contribution is -2.59. The number of fused-ring (bicyclic) bond motifs is 1. The number of amides is 1. The summed E-state index contributed by atoms with van der Waals surface area (Å²) in [5.74, 6) is -1.64. The molecule has 2 saturated heterocycles. The first-order chi connectivity index (χ1) is 19.5. The number of hydrogen-bond acceptors (Lipinski definition) is 5. The minimum absolute atomic E-state index is 0.0288. The molecule has 1 amide bonds. The van der Waals surface area contributed by atoms with E-state index < -0.39 is 29.1 Å². The number of benzene rings is 2. The van der Waals surface area contributed by atoms with Crippen LogP contribution in [-0.4, -0.2) is 64.9 Å². The lowest BCUT2D eigenvalue weighted by atomic mass is 9.84. The van der Waals surface area contributed by atoms with Gasteiger partial charge in [-0.25, -0.2) is 9.18 Å². The van der Waals surface area contributed by atoms with Crippen molar-refractivity contribution in [1.82, 2.24) is 9.80 Å². The molecular formula is C30H32F4N2O5. The number of piperidine rings is 1. The van der Waals surface area contributed by atoms with Gasteiger partial charge in [0.2, 0.25) is 0 Å². The smallest absolute Gasteiger partial charge is 0.416 e. The highest BCUT2D eigenvalue weighted by Gasteiger charge is 2.56. The Balaban J connectivity index is 1.08. The summed E-state index contributed by atoms with van der Waals surface area (Å²) in [6.07, 6.45) is 0.176. The van der Waals surface area contributed by atoms with Crippen LogP contribution < -0.4 is 4.74 Å². The number of alkyl halides is 3. The lowest BCUT2D eigenvalue weighted by Gasteiger charge is -2.46. The molecule has 2 aromatic rings. The van der Waals surface area contributed by atoms with E-state index in [0.29, 0.717) is 24.3 Å². The number of rotatable bonds is 5. The topological polar surface area (TPSA) is 79.3 Å². The van der Waals surface area contributed by atoms with Gasteiger partial charge in [0, 0.05) is 11.6 Å². The van der Waals surface area contributed by atoms with E-state index in [9.17, 15) is 32.3 Å². The third-order valence-corrected chi connectivity index (χ3v) is 9.13. The van der Waals surface area contributed by atoms with E-state index in [1.165, 1.54) is 23.1 Å². The van der Waals surface area contributed by atoms with E-state index >= 15 is 0 Å². The Morgan fingerprint density at radius 2 is 1.76 bits per heavy atom. The van der Waals surface area contributed by atoms with Gasteiger partial charge in [-0.1, -0.05) is 6.07 Å². The molecule has 41 heavy (non-hydrogen) atoms.